The van der Waals surface area contributed by atoms with Crippen molar-refractivity contribution in [2.75, 3.05) is 33.2 Å². The van der Waals surface area contributed by atoms with E-state index in [1.807, 2.05) is 12.1 Å². The minimum Gasteiger partial charge on any atom is -0.478 e. The van der Waals surface area contributed by atoms with Crippen LogP contribution in [-0.2, 0) is 4.79 Å². The van der Waals surface area contributed by atoms with Gasteiger partial charge in [0.1, 0.15) is 0 Å². The predicted molar refractivity (Wildman–Crippen MR) is 190 cm³/mol. The lowest BCUT2D eigenvalue weighted by molar-refractivity contribution is -0.226. The summed E-state index contributed by atoms with van der Waals surface area (Å²) >= 11 is 0. The Bertz CT molecular complexity index is 1490. The molecule has 0 spiro atoms. The van der Waals surface area contributed by atoms with Gasteiger partial charge in [0.2, 0.25) is 5.91 Å². The van der Waals surface area contributed by atoms with E-state index in [9.17, 15) is 14.7 Å². The highest BCUT2D eigenvalue weighted by molar-refractivity contribution is 5.88. The SMILES string of the molecule is C=C(C)C1CCC2(C(=O)N3CCN(C)CC3)CCC3(C)C(CCC4C5(C)CC=C(c6ccc(C(=O)O)cc6)C(C)(C)C5CCC43C)C12. The van der Waals surface area contributed by atoms with Crippen LogP contribution in [0.4, 0.5) is 0 Å². The second-order valence-corrected chi connectivity index (χ2v) is 18.4. The third-order valence-electron chi connectivity index (χ3n) is 16.3. The number of allylic oxidation sites excluding steroid dienone is 3. The zero-order valence-electron chi connectivity index (χ0n) is 30.3. The first-order valence-electron chi connectivity index (χ1n) is 18.8. The van der Waals surface area contributed by atoms with Crippen LogP contribution in [-0.4, -0.2) is 60.0 Å². The zero-order chi connectivity index (χ0) is 33.7. The maximum atomic E-state index is 14.7. The highest BCUT2D eigenvalue weighted by Crippen LogP contribution is 2.78. The molecule has 5 fully saturated rings. The molecule has 1 heterocycles. The average Bonchev–Trinajstić information content (AvgIpc) is 3.42. The normalized spacial score (nSPS) is 42.7. The second-order valence-electron chi connectivity index (χ2n) is 18.4. The smallest absolute Gasteiger partial charge is 0.335 e. The largest absolute Gasteiger partial charge is 0.478 e. The van der Waals surface area contributed by atoms with E-state index in [0.29, 0.717) is 41.1 Å². The first kappa shape index (κ1) is 33.1. The van der Waals surface area contributed by atoms with Gasteiger partial charge in [-0.25, -0.2) is 4.79 Å². The van der Waals surface area contributed by atoms with E-state index in [-0.39, 0.29) is 27.1 Å². The van der Waals surface area contributed by atoms with Gasteiger partial charge in [-0.05, 0) is 146 Å². The monoisotopic (exact) mass is 640 g/mol. The number of amides is 1. The molecule has 5 aliphatic carbocycles. The molecule has 1 aliphatic heterocycles. The number of carboxylic acids is 1. The van der Waals surface area contributed by atoms with Crippen LogP contribution in [0.3, 0.4) is 0 Å². The van der Waals surface area contributed by atoms with Crippen molar-refractivity contribution in [2.24, 2.45) is 56.7 Å². The molecule has 9 atom stereocenters. The summed E-state index contributed by atoms with van der Waals surface area (Å²) in [5.41, 5.74) is 4.66. The van der Waals surface area contributed by atoms with Crippen molar-refractivity contribution in [1.29, 1.82) is 0 Å². The summed E-state index contributed by atoms with van der Waals surface area (Å²) in [5, 5.41) is 9.48. The number of carbonyl (C=O) groups is 2. The number of carboxylic acid groups (broad SMARTS) is 1. The van der Waals surface area contributed by atoms with Crippen molar-refractivity contribution >= 4 is 17.4 Å². The van der Waals surface area contributed by atoms with Crippen LogP contribution in [0.5, 0.6) is 0 Å². The van der Waals surface area contributed by atoms with Crippen LogP contribution in [0.1, 0.15) is 115 Å². The number of hydrogen-bond acceptors (Lipinski definition) is 3. The Hall–Kier alpha value is -2.40. The molecule has 0 bridgehead atoms. The topological polar surface area (TPSA) is 60.9 Å². The molecule has 7 rings (SSSR count). The molecular formula is C42H60N2O3. The molecule has 9 unspecified atom stereocenters. The molecule has 5 nitrogen and oxygen atoms in total. The van der Waals surface area contributed by atoms with Crippen LogP contribution in [0.25, 0.3) is 5.57 Å². The third-order valence-corrected chi connectivity index (χ3v) is 16.3. The van der Waals surface area contributed by atoms with Gasteiger partial charge in [0, 0.05) is 26.2 Å². The van der Waals surface area contributed by atoms with Crippen LogP contribution in [0.2, 0.25) is 0 Å². The van der Waals surface area contributed by atoms with Gasteiger partial charge in [0.15, 0.2) is 0 Å². The van der Waals surface area contributed by atoms with Gasteiger partial charge in [-0.2, -0.15) is 0 Å². The van der Waals surface area contributed by atoms with Gasteiger partial charge in [-0.1, -0.05) is 65.0 Å². The molecule has 4 saturated carbocycles. The number of fused-ring (bicyclic) bond motifs is 7. The van der Waals surface area contributed by atoms with Gasteiger partial charge in [0.05, 0.1) is 11.0 Å². The van der Waals surface area contributed by atoms with Crippen LogP contribution < -0.4 is 0 Å². The first-order valence-corrected chi connectivity index (χ1v) is 18.8. The Morgan fingerprint density at radius 3 is 2.15 bits per heavy atom. The van der Waals surface area contributed by atoms with Gasteiger partial charge in [-0.3, -0.25) is 4.79 Å². The minimum atomic E-state index is -0.868. The lowest BCUT2D eigenvalue weighted by atomic mass is 9.32. The molecule has 1 saturated heterocycles. The second kappa shape index (κ2) is 11.1. The highest BCUT2D eigenvalue weighted by atomic mass is 16.4. The number of piperazine rings is 1. The maximum absolute atomic E-state index is 14.7. The van der Waals surface area contributed by atoms with E-state index in [0.717, 1.165) is 51.9 Å². The molecule has 1 N–H and O–H groups in total. The van der Waals surface area contributed by atoms with E-state index < -0.39 is 5.97 Å². The quantitative estimate of drug-likeness (QED) is 0.334. The summed E-state index contributed by atoms with van der Waals surface area (Å²) < 4.78 is 0. The van der Waals surface area contributed by atoms with Crippen molar-refractivity contribution in [3.05, 3.63) is 53.6 Å². The van der Waals surface area contributed by atoms with Gasteiger partial charge >= 0.3 is 5.97 Å². The summed E-state index contributed by atoms with van der Waals surface area (Å²) in [4.78, 5) is 30.9. The van der Waals surface area contributed by atoms with Crippen molar-refractivity contribution in [2.45, 2.75) is 99.3 Å². The summed E-state index contributed by atoms with van der Waals surface area (Å²) in [6, 6.07) is 7.58. The molecule has 256 valence electrons. The number of nitrogens with zero attached hydrogens (tertiary/aromatic N) is 2. The van der Waals surface area contributed by atoms with E-state index in [1.54, 1.807) is 12.1 Å². The average molecular weight is 641 g/mol. The number of rotatable bonds is 4. The van der Waals surface area contributed by atoms with E-state index >= 15 is 0 Å². The Morgan fingerprint density at radius 1 is 0.830 bits per heavy atom. The van der Waals surface area contributed by atoms with Gasteiger partial charge in [0.25, 0.3) is 0 Å². The fraction of sp³-hybridized carbons (Fsp3) is 0.714. The molecule has 1 amide bonds. The van der Waals surface area contributed by atoms with Crippen molar-refractivity contribution in [1.82, 2.24) is 9.80 Å². The standard InChI is InChI=1S/C42H60N2O3/c1-27(2)30-15-20-42(37(47)44-25-23-43(8)24-26-44)22-21-40(6)32(35(30)42)13-14-34-39(5)18-16-31(28-9-11-29(12-10-28)36(45)46)38(3,4)33(39)17-19-41(34,40)7/h9-12,16,30,32-35H,1,13-15,17-26H2,2-8H3,(H,45,46). The molecule has 0 radical (unpaired) electrons. The maximum Gasteiger partial charge on any atom is 0.335 e. The predicted octanol–water partition coefficient (Wildman–Crippen LogP) is 8.81. The fourth-order valence-corrected chi connectivity index (χ4v) is 13.7. The lowest BCUT2D eigenvalue weighted by Gasteiger charge is -2.72. The zero-order valence-corrected chi connectivity index (χ0v) is 30.3. The number of aromatic carboxylic acids is 1. The van der Waals surface area contributed by atoms with Crippen LogP contribution in [0.15, 0.2) is 42.5 Å². The Balaban J connectivity index is 1.22. The number of likely N-dealkylation sites (N-methyl/N-ethyl adjacent to an activating group) is 1. The minimum absolute atomic E-state index is 0.00394. The number of benzene rings is 1. The van der Waals surface area contributed by atoms with Crippen molar-refractivity contribution < 1.29 is 14.7 Å². The molecule has 1 aromatic rings. The molecule has 1 aromatic carbocycles. The van der Waals surface area contributed by atoms with Crippen molar-refractivity contribution in [3.8, 4) is 0 Å². The highest BCUT2D eigenvalue weighted by Gasteiger charge is 2.71. The third kappa shape index (κ3) is 4.56. The molecule has 5 heteroatoms. The molecule has 0 aromatic heterocycles. The Morgan fingerprint density at radius 2 is 1.51 bits per heavy atom. The fourth-order valence-electron chi connectivity index (χ4n) is 13.7. The van der Waals surface area contributed by atoms with Crippen LogP contribution in [0, 0.1) is 56.7 Å². The van der Waals surface area contributed by atoms with Gasteiger partial charge in [-0.15, -0.1) is 0 Å². The van der Waals surface area contributed by atoms with Crippen LogP contribution >= 0.6 is 0 Å². The van der Waals surface area contributed by atoms with Gasteiger partial charge < -0.3 is 14.9 Å². The molecular weight excluding hydrogens is 580 g/mol. The summed E-state index contributed by atoms with van der Waals surface area (Å²) in [7, 11) is 2.18. The van der Waals surface area contributed by atoms with E-state index in [2.05, 4.69) is 71.0 Å². The lowest BCUT2D eigenvalue weighted by Crippen LogP contribution is -2.66. The summed E-state index contributed by atoms with van der Waals surface area (Å²) in [6.07, 6.45) is 13.0. The number of hydrogen-bond donors (Lipinski definition) is 1. The molecule has 6 aliphatic rings. The first-order chi connectivity index (χ1) is 22.1. The summed E-state index contributed by atoms with van der Waals surface area (Å²) in [5.74, 6) is 2.26. The Labute approximate surface area is 284 Å². The molecule has 47 heavy (non-hydrogen) atoms. The van der Waals surface area contributed by atoms with Crippen molar-refractivity contribution in [3.63, 3.8) is 0 Å². The Kier molecular flexibility index (Phi) is 7.79. The summed E-state index contributed by atoms with van der Waals surface area (Å²) in [6.45, 7) is 23.4. The van der Waals surface area contributed by atoms with E-state index in [4.69, 9.17) is 0 Å². The number of carbonyl (C=O) groups excluding carboxylic acids is 1. The van der Waals surface area contributed by atoms with E-state index in [1.165, 1.54) is 48.8 Å².